The number of aromatic nitrogens is 2. The molecule has 0 saturated carbocycles. The van der Waals surface area contributed by atoms with E-state index in [-0.39, 0.29) is 0 Å². The monoisotopic (exact) mass is 202 g/mol. The summed E-state index contributed by atoms with van der Waals surface area (Å²) in [5.74, 6) is 0.314. The van der Waals surface area contributed by atoms with Gasteiger partial charge in [0.15, 0.2) is 0 Å². The molecule has 1 atom stereocenters. The molecule has 1 aromatic carbocycles. The lowest BCUT2D eigenvalue weighted by atomic mass is 10.1. The summed E-state index contributed by atoms with van der Waals surface area (Å²) >= 11 is 0. The molecule has 0 fully saturated rings. The number of phenols is 1. The summed E-state index contributed by atoms with van der Waals surface area (Å²) in [6.07, 6.45) is 6.51. The van der Waals surface area contributed by atoms with Crippen molar-refractivity contribution in [1.82, 2.24) is 9.55 Å². The molecule has 0 spiro atoms. The molecule has 0 radical (unpaired) electrons. The number of rotatable bonds is 3. The molecule has 0 aliphatic heterocycles. The highest BCUT2D eigenvalue weighted by molar-refractivity contribution is 5.26. The molecule has 15 heavy (non-hydrogen) atoms. The van der Waals surface area contributed by atoms with Gasteiger partial charge in [0.2, 0.25) is 0 Å². The summed E-state index contributed by atoms with van der Waals surface area (Å²) in [6.45, 7) is 2.15. The summed E-state index contributed by atoms with van der Waals surface area (Å²) < 4.78 is 2.08. The number of hydrogen-bond donors (Lipinski definition) is 1. The van der Waals surface area contributed by atoms with Crippen molar-refractivity contribution < 1.29 is 5.11 Å². The Morgan fingerprint density at radius 1 is 1.33 bits per heavy atom. The van der Waals surface area contributed by atoms with Crippen molar-refractivity contribution in [3.8, 4) is 5.75 Å². The lowest BCUT2D eigenvalue weighted by Gasteiger charge is -2.12. The molecule has 1 aromatic heterocycles. The van der Waals surface area contributed by atoms with Crippen LogP contribution in [0, 0.1) is 0 Å². The van der Waals surface area contributed by atoms with Crippen molar-refractivity contribution in [2.24, 2.45) is 0 Å². The van der Waals surface area contributed by atoms with E-state index < -0.39 is 0 Å². The predicted molar refractivity (Wildman–Crippen MR) is 58.7 cm³/mol. The molecule has 0 bridgehead atoms. The molecule has 2 rings (SSSR count). The van der Waals surface area contributed by atoms with Crippen molar-refractivity contribution in [2.45, 2.75) is 19.4 Å². The maximum absolute atomic E-state index is 9.16. The van der Waals surface area contributed by atoms with E-state index in [2.05, 4.69) is 16.5 Å². The van der Waals surface area contributed by atoms with Crippen molar-refractivity contribution >= 4 is 0 Å². The lowest BCUT2D eigenvalue weighted by molar-refractivity contribution is 0.474. The maximum Gasteiger partial charge on any atom is 0.115 e. The first-order valence-electron chi connectivity index (χ1n) is 5.01. The Bertz CT molecular complexity index is 406. The van der Waals surface area contributed by atoms with E-state index in [1.54, 1.807) is 18.3 Å². The molecule has 3 nitrogen and oxygen atoms in total. The third-order valence-electron chi connectivity index (χ3n) is 2.50. The van der Waals surface area contributed by atoms with Gasteiger partial charge in [0.25, 0.3) is 0 Å². The number of benzene rings is 1. The third kappa shape index (κ3) is 2.37. The molecule has 1 N–H and O–H groups in total. The van der Waals surface area contributed by atoms with Crippen LogP contribution in [0.5, 0.6) is 5.75 Å². The van der Waals surface area contributed by atoms with Crippen LogP contribution in [-0.4, -0.2) is 14.7 Å². The summed E-state index contributed by atoms with van der Waals surface area (Å²) in [4.78, 5) is 4.02. The van der Waals surface area contributed by atoms with E-state index in [9.17, 15) is 0 Å². The first kappa shape index (κ1) is 9.77. The van der Waals surface area contributed by atoms with Gasteiger partial charge in [-0.25, -0.2) is 4.98 Å². The summed E-state index contributed by atoms with van der Waals surface area (Å²) in [7, 11) is 0. The van der Waals surface area contributed by atoms with Gasteiger partial charge in [-0.3, -0.25) is 0 Å². The summed E-state index contributed by atoms with van der Waals surface area (Å²) in [5, 5.41) is 9.16. The van der Waals surface area contributed by atoms with Crippen LogP contribution in [0.4, 0.5) is 0 Å². The number of aromatic hydroxyl groups is 1. The van der Waals surface area contributed by atoms with Crippen LogP contribution in [0.15, 0.2) is 43.0 Å². The first-order valence-corrected chi connectivity index (χ1v) is 5.01. The van der Waals surface area contributed by atoms with Crippen molar-refractivity contribution in [3.63, 3.8) is 0 Å². The zero-order chi connectivity index (χ0) is 10.7. The van der Waals surface area contributed by atoms with Crippen LogP contribution in [0.25, 0.3) is 0 Å². The van der Waals surface area contributed by atoms with Gasteiger partial charge in [0.1, 0.15) is 5.75 Å². The highest BCUT2D eigenvalue weighted by Crippen LogP contribution is 2.16. The van der Waals surface area contributed by atoms with Crippen LogP contribution in [0.3, 0.4) is 0 Å². The van der Waals surface area contributed by atoms with Crippen LogP contribution in [0.2, 0.25) is 0 Å². The molecule has 1 heterocycles. The predicted octanol–water partition coefficient (Wildman–Crippen LogP) is 2.39. The molecule has 78 valence electrons. The van der Waals surface area contributed by atoms with Crippen molar-refractivity contribution in [3.05, 3.63) is 48.5 Å². The minimum Gasteiger partial charge on any atom is -0.508 e. The largest absolute Gasteiger partial charge is 0.508 e. The van der Waals surface area contributed by atoms with Gasteiger partial charge in [-0.1, -0.05) is 12.1 Å². The fourth-order valence-electron chi connectivity index (χ4n) is 1.61. The topological polar surface area (TPSA) is 38.0 Å². The zero-order valence-electron chi connectivity index (χ0n) is 8.67. The van der Waals surface area contributed by atoms with Gasteiger partial charge in [-0.05, 0) is 31.0 Å². The lowest BCUT2D eigenvalue weighted by Crippen LogP contribution is -2.05. The quantitative estimate of drug-likeness (QED) is 0.829. The Kier molecular flexibility index (Phi) is 2.72. The summed E-state index contributed by atoms with van der Waals surface area (Å²) in [5.41, 5.74) is 1.22. The standard InChI is InChI=1S/C12H14N2O/c1-10(14-7-6-13-9-14)8-11-2-4-12(15)5-3-11/h2-7,9-10,15H,8H2,1H3. The van der Waals surface area contributed by atoms with Gasteiger partial charge in [0.05, 0.1) is 6.33 Å². The number of nitrogens with zero attached hydrogens (tertiary/aromatic N) is 2. The molecular weight excluding hydrogens is 188 g/mol. The minimum absolute atomic E-state index is 0.314. The Hall–Kier alpha value is -1.77. The molecule has 0 amide bonds. The maximum atomic E-state index is 9.16. The first-order chi connectivity index (χ1) is 7.25. The van der Waals surface area contributed by atoms with Gasteiger partial charge in [-0.15, -0.1) is 0 Å². The fourth-order valence-corrected chi connectivity index (χ4v) is 1.61. The van der Waals surface area contributed by atoms with Crippen molar-refractivity contribution in [2.75, 3.05) is 0 Å². The van der Waals surface area contributed by atoms with Gasteiger partial charge in [-0.2, -0.15) is 0 Å². The van der Waals surface area contributed by atoms with E-state index in [1.165, 1.54) is 5.56 Å². The number of hydrogen-bond acceptors (Lipinski definition) is 2. The number of imidazole rings is 1. The van der Waals surface area contributed by atoms with E-state index in [4.69, 9.17) is 5.11 Å². The molecular formula is C12H14N2O. The normalized spacial score (nSPS) is 12.6. The van der Waals surface area contributed by atoms with E-state index in [0.717, 1.165) is 6.42 Å². The third-order valence-corrected chi connectivity index (χ3v) is 2.50. The highest BCUT2D eigenvalue weighted by atomic mass is 16.3. The average Bonchev–Trinajstić information content (AvgIpc) is 2.74. The van der Waals surface area contributed by atoms with Crippen molar-refractivity contribution in [1.29, 1.82) is 0 Å². The molecule has 3 heteroatoms. The Balaban J connectivity index is 2.06. The average molecular weight is 202 g/mol. The Morgan fingerprint density at radius 3 is 2.67 bits per heavy atom. The molecule has 1 unspecified atom stereocenters. The van der Waals surface area contributed by atoms with Crippen LogP contribution >= 0.6 is 0 Å². The summed E-state index contributed by atoms with van der Waals surface area (Å²) in [6, 6.07) is 7.72. The SMILES string of the molecule is CC(Cc1ccc(O)cc1)n1ccnc1. The van der Waals surface area contributed by atoms with Crippen LogP contribution in [-0.2, 0) is 6.42 Å². The van der Waals surface area contributed by atoms with E-state index >= 15 is 0 Å². The fraction of sp³-hybridized carbons (Fsp3) is 0.250. The van der Waals surface area contributed by atoms with E-state index in [1.807, 2.05) is 24.7 Å². The second-order valence-corrected chi connectivity index (χ2v) is 3.73. The van der Waals surface area contributed by atoms with Gasteiger partial charge >= 0.3 is 0 Å². The Labute approximate surface area is 89.0 Å². The second kappa shape index (κ2) is 4.17. The zero-order valence-corrected chi connectivity index (χ0v) is 8.67. The Morgan fingerprint density at radius 2 is 2.07 bits per heavy atom. The number of phenolic OH excluding ortho intramolecular Hbond substituents is 1. The van der Waals surface area contributed by atoms with Gasteiger partial charge in [0, 0.05) is 18.4 Å². The second-order valence-electron chi connectivity index (χ2n) is 3.73. The molecule has 0 aliphatic carbocycles. The minimum atomic E-state index is 0.314. The highest BCUT2D eigenvalue weighted by Gasteiger charge is 2.04. The molecule has 0 aliphatic rings. The molecule has 2 aromatic rings. The van der Waals surface area contributed by atoms with E-state index in [0.29, 0.717) is 11.8 Å². The van der Waals surface area contributed by atoms with Crippen LogP contribution < -0.4 is 0 Å². The molecule has 0 saturated heterocycles. The van der Waals surface area contributed by atoms with Gasteiger partial charge < -0.3 is 9.67 Å². The smallest absolute Gasteiger partial charge is 0.115 e. The van der Waals surface area contributed by atoms with Crippen LogP contribution in [0.1, 0.15) is 18.5 Å².